The Labute approximate surface area is 119 Å². The number of benzene rings is 1. The molecule has 0 fully saturated rings. The number of carbonyl (C=O) groups excluding carboxylic acids is 1. The van der Waals surface area contributed by atoms with Crippen LogP contribution in [0.4, 0.5) is 13.2 Å². The van der Waals surface area contributed by atoms with Gasteiger partial charge in [0, 0.05) is 11.3 Å². The quantitative estimate of drug-likeness (QED) is 0.643. The highest BCUT2D eigenvalue weighted by molar-refractivity contribution is 5.75. The molecule has 1 aromatic heterocycles. The Morgan fingerprint density at radius 2 is 2.00 bits per heavy atom. The number of aryl methyl sites for hydroxylation is 1. The Morgan fingerprint density at radius 3 is 2.57 bits per heavy atom. The van der Waals surface area contributed by atoms with E-state index in [1.165, 1.54) is 32.0 Å². The zero-order chi connectivity index (χ0) is 15.6. The van der Waals surface area contributed by atoms with E-state index < -0.39 is 18.3 Å². The highest BCUT2D eigenvalue weighted by atomic mass is 19.3. The first-order valence-electron chi connectivity index (χ1n) is 6.18. The third-order valence-corrected chi connectivity index (χ3v) is 3.04. The van der Waals surface area contributed by atoms with Crippen molar-refractivity contribution in [1.82, 2.24) is 9.78 Å². The first-order chi connectivity index (χ1) is 9.90. The van der Waals surface area contributed by atoms with Gasteiger partial charge in [0.2, 0.25) is 0 Å². The van der Waals surface area contributed by atoms with Gasteiger partial charge in [0.05, 0.1) is 12.1 Å². The highest BCUT2D eigenvalue weighted by Crippen LogP contribution is 2.21. The molecule has 0 unspecified atom stereocenters. The van der Waals surface area contributed by atoms with Crippen LogP contribution in [0, 0.1) is 19.7 Å². The fourth-order valence-corrected chi connectivity index (χ4v) is 1.97. The number of halogens is 3. The molecule has 0 saturated carbocycles. The largest absolute Gasteiger partial charge is 0.423 e. The molecule has 4 nitrogen and oxygen atoms in total. The van der Waals surface area contributed by atoms with Gasteiger partial charge in [-0.05, 0) is 26.0 Å². The summed E-state index contributed by atoms with van der Waals surface area (Å²) in [5.41, 5.74) is 0.864. The average Bonchev–Trinajstić information content (AvgIpc) is 2.69. The Bertz CT molecular complexity index is 668. The Balaban J connectivity index is 2.15. The molecule has 0 bridgehead atoms. The maximum Gasteiger partial charge on any atom is 0.333 e. The summed E-state index contributed by atoms with van der Waals surface area (Å²) in [5, 5.41) is 3.67. The Kier molecular flexibility index (Phi) is 4.30. The molecular weight excluding hydrogens is 285 g/mol. The number of nitrogens with zero attached hydrogens (tertiary/aromatic N) is 2. The van der Waals surface area contributed by atoms with Crippen LogP contribution in [0.1, 0.15) is 23.5 Å². The predicted molar refractivity (Wildman–Crippen MR) is 68.7 cm³/mol. The molecule has 0 saturated heterocycles. The molecule has 1 heterocycles. The smallest absolute Gasteiger partial charge is 0.333 e. The topological polar surface area (TPSA) is 44.1 Å². The summed E-state index contributed by atoms with van der Waals surface area (Å²) < 4.78 is 44.2. The van der Waals surface area contributed by atoms with Crippen LogP contribution in [0.5, 0.6) is 5.75 Å². The maximum atomic E-state index is 13.4. The zero-order valence-electron chi connectivity index (χ0n) is 11.4. The number of para-hydroxylation sites is 1. The molecule has 21 heavy (non-hydrogen) atoms. The SMILES string of the molecule is Cc1nn(C(F)F)c(C)c1CC(=O)Oc1ccccc1F. The average molecular weight is 298 g/mol. The van der Waals surface area contributed by atoms with E-state index in [9.17, 15) is 18.0 Å². The lowest BCUT2D eigenvalue weighted by Crippen LogP contribution is -2.13. The Hall–Kier alpha value is -2.31. The van der Waals surface area contributed by atoms with Gasteiger partial charge >= 0.3 is 12.5 Å². The second-order valence-corrected chi connectivity index (χ2v) is 4.45. The highest BCUT2D eigenvalue weighted by Gasteiger charge is 2.20. The van der Waals surface area contributed by atoms with Crippen LogP contribution in [0.3, 0.4) is 0 Å². The van der Waals surface area contributed by atoms with Crippen molar-refractivity contribution in [2.45, 2.75) is 26.8 Å². The summed E-state index contributed by atoms with van der Waals surface area (Å²) in [4.78, 5) is 11.8. The molecule has 2 aromatic rings. The van der Waals surface area contributed by atoms with Crippen molar-refractivity contribution in [3.05, 3.63) is 47.0 Å². The van der Waals surface area contributed by atoms with Crippen molar-refractivity contribution in [1.29, 1.82) is 0 Å². The van der Waals surface area contributed by atoms with Crippen LogP contribution < -0.4 is 4.74 Å². The molecule has 0 aliphatic carbocycles. The second kappa shape index (κ2) is 5.99. The molecule has 0 aliphatic rings. The van der Waals surface area contributed by atoms with Crippen molar-refractivity contribution in [2.75, 3.05) is 0 Å². The number of carbonyl (C=O) groups is 1. The predicted octanol–water partition coefficient (Wildman–Crippen LogP) is 3.18. The van der Waals surface area contributed by atoms with Crippen molar-refractivity contribution in [3.8, 4) is 5.75 Å². The summed E-state index contributed by atoms with van der Waals surface area (Å²) in [6, 6.07) is 5.47. The number of aromatic nitrogens is 2. The minimum Gasteiger partial charge on any atom is -0.423 e. The molecule has 112 valence electrons. The minimum absolute atomic E-state index is 0.188. The van der Waals surface area contributed by atoms with Crippen molar-refractivity contribution in [3.63, 3.8) is 0 Å². The Morgan fingerprint density at radius 1 is 1.33 bits per heavy atom. The molecule has 0 spiro atoms. The van der Waals surface area contributed by atoms with E-state index in [1.807, 2.05) is 0 Å². The fourth-order valence-electron chi connectivity index (χ4n) is 1.97. The number of hydrogen-bond donors (Lipinski definition) is 0. The number of alkyl halides is 2. The van der Waals surface area contributed by atoms with Gasteiger partial charge in [-0.25, -0.2) is 9.07 Å². The molecule has 1 aromatic carbocycles. The molecule has 0 radical (unpaired) electrons. The van der Waals surface area contributed by atoms with E-state index in [1.54, 1.807) is 0 Å². The van der Waals surface area contributed by atoms with Crippen LogP contribution in [-0.4, -0.2) is 15.7 Å². The maximum absolute atomic E-state index is 13.4. The van der Waals surface area contributed by atoms with Gasteiger partial charge in [-0.15, -0.1) is 0 Å². The lowest BCUT2D eigenvalue weighted by atomic mass is 10.1. The van der Waals surface area contributed by atoms with Gasteiger partial charge in [-0.2, -0.15) is 13.9 Å². The molecule has 0 atom stereocenters. The minimum atomic E-state index is -2.78. The van der Waals surface area contributed by atoms with Gasteiger partial charge in [0.15, 0.2) is 11.6 Å². The molecule has 0 N–H and O–H groups in total. The lowest BCUT2D eigenvalue weighted by molar-refractivity contribution is -0.133. The molecular formula is C14H13F3N2O2. The standard InChI is InChI=1S/C14H13F3N2O2/c1-8-10(9(2)19(18-8)14(16)17)7-13(20)21-12-6-4-3-5-11(12)15/h3-6,14H,7H2,1-2H3. The molecule has 2 rings (SSSR count). The number of rotatable bonds is 4. The van der Waals surface area contributed by atoms with Crippen LogP contribution in [0.25, 0.3) is 0 Å². The lowest BCUT2D eigenvalue weighted by Gasteiger charge is -2.06. The van der Waals surface area contributed by atoms with Crippen LogP contribution in [-0.2, 0) is 11.2 Å². The van der Waals surface area contributed by atoms with Gasteiger partial charge in [-0.3, -0.25) is 4.79 Å². The summed E-state index contributed by atoms with van der Waals surface area (Å²) in [6.45, 7) is 0.190. The van der Waals surface area contributed by atoms with E-state index in [0.29, 0.717) is 15.9 Å². The van der Waals surface area contributed by atoms with Crippen LogP contribution in [0.15, 0.2) is 24.3 Å². The number of esters is 1. The second-order valence-electron chi connectivity index (χ2n) is 4.45. The zero-order valence-corrected chi connectivity index (χ0v) is 11.4. The first kappa shape index (κ1) is 15.1. The van der Waals surface area contributed by atoms with E-state index in [-0.39, 0.29) is 17.9 Å². The summed E-state index contributed by atoms with van der Waals surface area (Å²) in [6.07, 6.45) is -0.251. The van der Waals surface area contributed by atoms with E-state index in [4.69, 9.17) is 4.74 Å². The van der Waals surface area contributed by atoms with E-state index in [2.05, 4.69) is 5.10 Å². The van der Waals surface area contributed by atoms with E-state index >= 15 is 0 Å². The van der Waals surface area contributed by atoms with Crippen molar-refractivity contribution in [2.24, 2.45) is 0 Å². The summed E-state index contributed by atoms with van der Waals surface area (Å²) in [7, 11) is 0. The number of hydrogen-bond acceptors (Lipinski definition) is 3. The van der Waals surface area contributed by atoms with E-state index in [0.717, 1.165) is 6.07 Å². The van der Waals surface area contributed by atoms with Crippen molar-refractivity contribution < 1.29 is 22.7 Å². The van der Waals surface area contributed by atoms with Gasteiger partial charge < -0.3 is 4.74 Å². The van der Waals surface area contributed by atoms with Gasteiger partial charge in [-0.1, -0.05) is 12.1 Å². The van der Waals surface area contributed by atoms with Gasteiger partial charge in [0.1, 0.15) is 0 Å². The summed E-state index contributed by atoms with van der Waals surface area (Å²) >= 11 is 0. The normalized spacial score (nSPS) is 11.0. The third kappa shape index (κ3) is 3.24. The summed E-state index contributed by atoms with van der Waals surface area (Å²) in [5.74, 6) is -1.60. The third-order valence-electron chi connectivity index (χ3n) is 3.04. The number of ether oxygens (including phenoxy) is 1. The molecule has 7 heteroatoms. The first-order valence-corrected chi connectivity index (χ1v) is 6.18. The van der Waals surface area contributed by atoms with Crippen LogP contribution >= 0.6 is 0 Å². The monoisotopic (exact) mass is 298 g/mol. The fraction of sp³-hybridized carbons (Fsp3) is 0.286. The molecule has 0 amide bonds. The molecule has 0 aliphatic heterocycles. The van der Waals surface area contributed by atoms with Gasteiger partial charge in [0.25, 0.3) is 0 Å². The van der Waals surface area contributed by atoms with Crippen LogP contribution in [0.2, 0.25) is 0 Å². The van der Waals surface area contributed by atoms with Crippen molar-refractivity contribution >= 4 is 5.97 Å².